The van der Waals surface area contributed by atoms with Crippen LogP contribution in [0.2, 0.25) is 0 Å². The quantitative estimate of drug-likeness (QED) is 0.489. The lowest BCUT2D eigenvalue weighted by Crippen LogP contribution is -2.38. The molecule has 0 aromatic heterocycles. The maximum absolute atomic E-state index is 13.1. The summed E-state index contributed by atoms with van der Waals surface area (Å²) in [5, 5.41) is 0. The normalized spacial score (nSPS) is 18.2. The number of sulfonamides is 1. The highest BCUT2D eigenvalue weighted by Gasteiger charge is 2.37. The molecule has 154 valence electrons. The Balaban J connectivity index is 1.81. The zero-order valence-electron chi connectivity index (χ0n) is 16.6. The number of methoxy groups -OCH3 is 1. The molecule has 0 saturated carbocycles. The predicted octanol–water partition coefficient (Wildman–Crippen LogP) is 3.15. The van der Waals surface area contributed by atoms with E-state index in [-0.39, 0.29) is 23.4 Å². The smallest absolute Gasteiger partial charge is 0.321 e. The second-order valence-corrected chi connectivity index (χ2v) is 9.37. The summed E-state index contributed by atoms with van der Waals surface area (Å²) < 4.78 is 37.8. The predicted molar refractivity (Wildman–Crippen MR) is 110 cm³/mol. The number of carbonyl (C=O) groups excluding carboxylic acids is 1. The van der Waals surface area contributed by atoms with Gasteiger partial charge in [0.15, 0.2) is 0 Å². The lowest BCUT2D eigenvalue weighted by atomic mass is 9.79. The largest absolute Gasteiger partial charge is 0.492 e. The minimum absolute atomic E-state index is 0.0179. The first-order valence-electron chi connectivity index (χ1n) is 9.27. The van der Waals surface area contributed by atoms with E-state index in [9.17, 15) is 13.2 Å². The Morgan fingerprint density at radius 2 is 1.79 bits per heavy atom. The molecule has 0 bridgehead atoms. The first-order valence-corrected chi connectivity index (χ1v) is 10.7. The Hall–Kier alpha value is -2.64. The van der Waals surface area contributed by atoms with Crippen molar-refractivity contribution in [2.75, 3.05) is 26.8 Å². The van der Waals surface area contributed by atoms with Crippen LogP contribution in [0.25, 0.3) is 0 Å². The van der Waals surface area contributed by atoms with Crippen LogP contribution < -0.4 is 4.74 Å². The summed E-state index contributed by atoms with van der Waals surface area (Å²) in [7, 11) is -2.64. The number of rotatable bonds is 8. The van der Waals surface area contributed by atoms with Crippen LogP contribution in [-0.4, -0.2) is 45.5 Å². The fourth-order valence-electron chi connectivity index (χ4n) is 3.59. The molecule has 7 heteroatoms. The number of fused-ring (bicyclic) bond motifs is 1. The number of esters is 1. The molecule has 1 heterocycles. The SMILES string of the molecule is C=C(CN(CC(=O)OC)S(=O)(=O)c1ccccc1)CC1(C)COc2ccccc21. The number of para-hydroxylation sites is 1. The summed E-state index contributed by atoms with van der Waals surface area (Å²) in [6, 6.07) is 15.9. The van der Waals surface area contributed by atoms with Gasteiger partial charge in [-0.05, 0) is 24.6 Å². The van der Waals surface area contributed by atoms with Crippen molar-refractivity contribution in [3.63, 3.8) is 0 Å². The Morgan fingerprint density at radius 1 is 1.14 bits per heavy atom. The van der Waals surface area contributed by atoms with Crippen LogP contribution in [0, 0.1) is 0 Å². The number of benzene rings is 2. The molecule has 0 saturated heterocycles. The number of carbonyl (C=O) groups is 1. The van der Waals surface area contributed by atoms with E-state index in [0.29, 0.717) is 18.6 Å². The van der Waals surface area contributed by atoms with Gasteiger partial charge in [-0.1, -0.05) is 55.5 Å². The van der Waals surface area contributed by atoms with Gasteiger partial charge >= 0.3 is 5.97 Å². The van der Waals surface area contributed by atoms with E-state index in [2.05, 4.69) is 13.5 Å². The van der Waals surface area contributed by atoms with Crippen molar-refractivity contribution in [1.29, 1.82) is 0 Å². The number of ether oxygens (including phenoxy) is 2. The van der Waals surface area contributed by atoms with Crippen molar-refractivity contribution in [3.05, 3.63) is 72.3 Å². The first kappa shape index (κ1) is 21.1. The van der Waals surface area contributed by atoms with Crippen LogP contribution in [0.15, 0.2) is 71.6 Å². The standard InChI is InChI=1S/C22H25NO5S/c1-17(13-22(2)16-28-20-12-8-7-11-19(20)22)14-23(15-21(24)27-3)29(25,26)18-9-5-4-6-10-18/h4-12H,1,13-16H2,2-3H3. The van der Waals surface area contributed by atoms with Gasteiger partial charge in [0, 0.05) is 17.5 Å². The van der Waals surface area contributed by atoms with Gasteiger partial charge in [-0.15, -0.1) is 0 Å². The Morgan fingerprint density at radius 3 is 2.48 bits per heavy atom. The molecule has 29 heavy (non-hydrogen) atoms. The number of hydrogen-bond acceptors (Lipinski definition) is 5. The zero-order chi connectivity index (χ0) is 21.1. The Kier molecular flexibility index (Phi) is 6.10. The van der Waals surface area contributed by atoms with E-state index in [1.165, 1.54) is 19.2 Å². The van der Waals surface area contributed by atoms with Crippen molar-refractivity contribution in [2.24, 2.45) is 0 Å². The molecule has 2 aromatic rings. The lowest BCUT2D eigenvalue weighted by molar-refractivity contribution is -0.140. The zero-order valence-corrected chi connectivity index (χ0v) is 17.4. The van der Waals surface area contributed by atoms with Crippen LogP contribution in [0.1, 0.15) is 18.9 Å². The molecule has 3 rings (SSSR count). The summed E-state index contributed by atoms with van der Waals surface area (Å²) >= 11 is 0. The summed E-state index contributed by atoms with van der Waals surface area (Å²) in [5.41, 5.74) is 1.46. The van der Waals surface area contributed by atoms with E-state index < -0.39 is 16.0 Å². The summed E-state index contributed by atoms with van der Waals surface area (Å²) in [4.78, 5) is 12.0. The molecule has 1 aliphatic heterocycles. The molecule has 1 aliphatic rings. The summed E-state index contributed by atoms with van der Waals surface area (Å²) in [6.07, 6.45) is 0.534. The van der Waals surface area contributed by atoms with Gasteiger partial charge in [-0.2, -0.15) is 4.31 Å². The van der Waals surface area contributed by atoms with Crippen LogP contribution in [0.5, 0.6) is 5.75 Å². The van der Waals surface area contributed by atoms with Crippen molar-refractivity contribution in [2.45, 2.75) is 23.7 Å². The molecule has 0 aliphatic carbocycles. The molecule has 1 atom stereocenters. The van der Waals surface area contributed by atoms with Gasteiger partial charge in [0.25, 0.3) is 0 Å². The molecular weight excluding hydrogens is 390 g/mol. The molecule has 0 amide bonds. The van der Waals surface area contributed by atoms with Crippen molar-refractivity contribution < 1.29 is 22.7 Å². The third-order valence-corrected chi connectivity index (χ3v) is 6.84. The molecule has 1 unspecified atom stereocenters. The maximum Gasteiger partial charge on any atom is 0.321 e. The molecule has 0 spiro atoms. The van der Waals surface area contributed by atoms with Crippen molar-refractivity contribution >= 4 is 16.0 Å². The Labute approximate surface area is 171 Å². The fraction of sp³-hybridized carbons (Fsp3) is 0.318. The van der Waals surface area contributed by atoms with Gasteiger partial charge in [0.05, 0.1) is 18.6 Å². The fourth-order valence-corrected chi connectivity index (χ4v) is 5.01. The van der Waals surface area contributed by atoms with E-state index >= 15 is 0 Å². The third-order valence-electron chi connectivity index (χ3n) is 5.04. The third kappa shape index (κ3) is 4.52. The Bertz CT molecular complexity index is 1000. The number of hydrogen-bond donors (Lipinski definition) is 0. The minimum Gasteiger partial charge on any atom is -0.492 e. The van der Waals surface area contributed by atoms with Crippen LogP contribution in [0.4, 0.5) is 0 Å². The van der Waals surface area contributed by atoms with Crippen LogP contribution in [0.3, 0.4) is 0 Å². The summed E-state index contributed by atoms with van der Waals surface area (Å²) in [5.74, 6) is 0.212. The molecule has 0 radical (unpaired) electrons. The van der Waals surface area contributed by atoms with Crippen molar-refractivity contribution in [1.82, 2.24) is 4.31 Å². The van der Waals surface area contributed by atoms with Gasteiger partial charge in [-0.25, -0.2) is 8.42 Å². The highest BCUT2D eigenvalue weighted by molar-refractivity contribution is 7.89. The molecule has 0 fully saturated rings. The second-order valence-electron chi connectivity index (χ2n) is 7.43. The molecule has 0 N–H and O–H groups in total. The highest BCUT2D eigenvalue weighted by atomic mass is 32.2. The van der Waals surface area contributed by atoms with Crippen molar-refractivity contribution in [3.8, 4) is 5.75 Å². The van der Waals surface area contributed by atoms with Gasteiger partial charge in [0.1, 0.15) is 12.3 Å². The van der Waals surface area contributed by atoms with Gasteiger partial charge in [0.2, 0.25) is 10.0 Å². The maximum atomic E-state index is 13.1. The lowest BCUT2D eigenvalue weighted by Gasteiger charge is -2.27. The van der Waals surface area contributed by atoms with Gasteiger partial charge in [-0.3, -0.25) is 4.79 Å². The monoisotopic (exact) mass is 415 g/mol. The number of nitrogens with zero attached hydrogens (tertiary/aromatic N) is 1. The summed E-state index contributed by atoms with van der Waals surface area (Å²) in [6.45, 7) is 6.31. The molecular formula is C22H25NO5S. The van der Waals surface area contributed by atoms with E-state index in [1.54, 1.807) is 18.2 Å². The molecule has 6 nitrogen and oxygen atoms in total. The highest BCUT2D eigenvalue weighted by Crippen LogP contribution is 2.42. The van der Waals surface area contributed by atoms with E-state index in [4.69, 9.17) is 9.47 Å². The minimum atomic E-state index is -3.87. The first-order chi connectivity index (χ1) is 13.8. The topological polar surface area (TPSA) is 72.9 Å². The average Bonchev–Trinajstić information content (AvgIpc) is 3.04. The average molecular weight is 416 g/mol. The van der Waals surface area contributed by atoms with Crippen LogP contribution in [-0.2, 0) is 25.0 Å². The van der Waals surface area contributed by atoms with E-state index in [0.717, 1.165) is 15.6 Å². The van der Waals surface area contributed by atoms with Crippen LogP contribution >= 0.6 is 0 Å². The molecule has 2 aromatic carbocycles. The van der Waals surface area contributed by atoms with E-state index in [1.807, 2.05) is 24.3 Å². The second kappa shape index (κ2) is 8.39. The van der Waals surface area contributed by atoms with Gasteiger partial charge < -0.3 is 9.47 Å².